The van der Waals surface area contributed by atoms with Crippen LogP contribution in [0.3, 0.4) is 0 Å². The molecule has 1 heterocycles. The topological polar surface area (TPSA) is 25.2 Å². The van der Waals surface area contributed by atoms with Crippen molar-refractivity contribution in [3.63, 3.8) is 0 Å². The van der Waals surface area contributed by atoms with E-state index in [0.717, 1.165) is 34.8 Å². The Morgan fingerprint density at radius 3 is 2.39 bits per heavy atom. The van der Waals surface area contributed by atoms with Gasteiger partial charge in [-0.2, -0.15) is 0 Å². The molecular formula is C29H37ClN2O. The first kappa shape index (κ1) is 25.1. The lowest BCUT2D eigenvalue weighted by atomic mass is 10.0. The quantitative estimate of drug-likeness (QED) is 0.268. The Labute approximate surface area is 204 Å². The number of unbranched alkanes of at least 4 members (excludes halogenated alkanes) is 2. The summed E-state index contributed by atoms with van der Waals surface area (Å²) in [6, 6.07) is 20.4. The molecule has 2 aromatic carbocycles. The maximum Gasteiger partial charge on any atom is 0.254 e. The van der Waals surface area contributed by atoms with Crippen molar-refractivity contribution in [3.05, 3.63) is 94.3 Å². The predicted molar refractivity (Wildman–Crippen MR) is 139 cm³/mol. The van der Waals surface area contributed by atoms with E-state index in [0.29, 0.717) is 12.5 Å². The van der Waals surface area contributed by atoms with Crippen molar-refractivity contribution in [2.24, 2.45) is 5.92 Å². The van der Waals surface area contributed by atoms with E-state index in [1.165, 1.54) is 24.8 Å². The fourth-order valence-electron chi connectivity index (χ4n) is 4.07. The minimum Gasteiger partial charge on any atom is -0.345 e. The second-order valence-corrected chi connectivity index (χ2v) is 9.77. The van der Waals surface area contributed by atoms with Crippen molar-refractivity contribution in [1.29, 1.82) is 0 Å². The third kappa shape index (κ3) is 6.98. The molecule has 0 bridgehead atoms. The third-order valence-corrected chi connectivity index (χ3v) is 6.72. The number of carbonyl (C=O) groups is 1. The van der Waals surface area contributed by atoms with Crippen molar-refractivity contribution in [2.75, 3.05) is 0 Å². The van der Waals surface area contributed by atoms with E-state index in [9.17, 15) is 4.79 Å². The number of aromatic nitrogens is 1. The molecule has 1 unspecified atom stereocenters. The molecular weight excluding hydrogens is 428 g/mol. The lowest BCUT2D eigenvalue weighted by molar-refractivity contribution is 0.0622. The van der Waals surface area contributed by atoms with E-state index in [4.69, 9.17) is 11.6 Å². The first-order valence-electron chi connectivity index (χ1n) is 12.2. The van der Waals surface area contributed by atoms with Crippen molar-refractivity contribution in [3.8, 4) is 0 Å². The van der Waals surface area contributed by atoms with Gasteiger partial charge in [-0.25, -0.2) is 0 Å². The lowest BCUT2D eigenvalue weighted by Crippen LogP contribution is -2.41. The summed E-state index contributed by atoms with van der Waals surface area (Å²) in [5, 5.41) is 0.740. The highest BCUT2D eigenvalue weighted by Gasteiger charge is 2.25. The lowest BCUT2D eigenvalue weighted by Gasteiger charge is -2.32. The molecule has 33 heavy (non-hydrogen) atoms. The van der Waals surface area contributed by atoms with Crippen LogP contribution in [-0.2, 0) is 19.5 Å². The van der Waals surface area contributed by atoms with Gasteiger partial charge in [0.1, 0.15) is 0 Å². The Hall–Kier alpha value is -2.52. The van der Waals surface area contributed by atoms with Crippen LogP contribution in [0.1, 0.15) is 74.1 Å². The predicted octanol–water partition coefficient (Wildman–Crippen LogP) is 7.61. The van der Waals surface area contributed by atoms with Crippen LogP contribution < -0.4 is 0 Å². The van der Waals surface area contributed by atoms with Gasteiger partial charge in [-0.05, 0) is 73.2 Å². The molecule has 1 amide bonds. The summed E-state index contributed by atoms with van der Waals surface area (Å²) < 4.78 is 2.20. The van der Waals surface area contributed by atoms with Crippen molar-refractivity contribution in [1.82, 2.24) is 9.47 Å². The summed E-state index contributed by atoms with van der Waals surface area (Å²) in [6.07, 6.45) is 6.81. The summed E-state index contributed by atoms with van der Waals surface area (Å²) in [5.74, 6) is 0.449. The molecule has 1 aromatic heterocycles. The molecule has 0 saturated carbocycles. The van der Waals surface area contributed by atoms with Gasteiger partial charge in [-0.15, -0.1) is 0 Å². The van der Waals surface area contributed by atoms with Crippen LogP contribution in [0.5, 0.6) is 0 Å². The monoisotopic (exact) mass is 464 g/mol. The minimum atomic E-state index is 0.0896. The van der Waals surface area contributed by atoms with Crippen molar-refractivity contribution in [2.45, 2.75) is 72.5 Å². The van der Waals surface area contributed by atoms with E-state index in [1.54, 1.807) is 0 Å². The maximum absolute atomic E-state index is 13.6. The number of carbonyl (C=O) groups excluding carboxylic acids is 1. The van der Waals surface area contributed by atoms with E-state index in [1.807, 2.05) is 41.3 Å². The van der Waals surface area contributed by atoms with Crippen molar-refractivity contribution < 1.29 is 4.79 Å². The highest BCUT2D eigenvalue weighted by atomic mass is 35.5. The fourth-order valence-corrected chi connectivity index (χ4v) is 4.29. The second-order valence-electron chi connectivity index (χ2n) is 9.33. The molecule has 0 radical (unpaired) electrons. The number of benzene rings is 2. The Balaban J connectivity index is 1.78. The molecule has 176 valence electrons. The van der Waals surface area contributed by atoms with Crippen LogP contribution >= 0.6 is 11.6 Å². The molecule has 1 atom stereocenters. The fraction of sp³-hybridized carbons (Fsp3) is 0.414. The number of nitrogens with zero attached hydrogens (tertiary/aromatic N) is 2. The van der Waals surface area contributed by atoms with E-state index in [-0.39, 0.29) is 11.9 Å². The van der Waals surface area contributed by atoms with Gasteiger partial charge in [-0.1, -0.05) is 69.5 Å². The molecule has 0 fully saturated rings. The van der Waals surface area contributed by atoms with Gasteiger partial charge in [0.05, 0.1) is 6.54 Å². The van der Waals surface area contributed by atoms with Crippen LogP contribution in [0, 0.1) is 5.92 Å². The van der Waals surface area contributed by atoms with Gasteiger partial charge < -0.3 is 9.47 Å². The zero-order chi connectivity index (χ0) is 23.8. The molecule has 3 aromatic rings. The Morgan fingerprint density at radius 2 is 1.73 bits per heavy atom. The standard InChI is InChI=1S/C29H37ClN2O/c1-5-6-7-10-24-14-16-26(17-15-24)29(33)32(23(4)22(2)3)21-28-13-9-18-31(28)20-25-11-8-12-27(30)19-25/h8-9,11-19,22-23H,5-7,10,20-21H2,1-4H3. The van der Waals surface area contributed by atoms with E-state index < -0.39 is 0 Å². The molecule has 0 aliphatic rings. The van der Waals surface area contributed by atoms with Gasteiger partial charge in [0.25, 0.3) is 5.91 Å². The van der Waals surface area contributed by atoms with Gasteiger partial charge in [0.15, 0.2) is 0 Å². The zero-order valence-electron chi connectivity index (χ0n) is 20.4. The number of amides is 1. The summed E-state index contributed by atoms with van der Waals surface area (Å²) in [6.45, 7) is 10.0. The number of hydrogen-bond acceptors (Lipinski definition) is 1. The van der Waals surface area contributed by atoms with Crippen LogP contribution in [0.2, 0.25) is 5.02 Å². The highest BCUT2D eigenvalue weighted by molar-refractivity contribution is 6.30. The molecule has 3 nitrogen and oxygen atoms in total. The largest absolute Gasteiger partial charge is 0.345 e. The van der Waals surface area contributed by atoms with Crippen LogP contribution in [0.25, 0.3) is 0 Å². The minimum absolute atomic E-state index is 0.0896. The van der Waals surface area contributed by atoms with Gasteiger partial charge in [0.2, 0.25) is 0 Å². The average Bonchev–Trinajstić information content (AvgIpc) is 3.23. The summed E-state index contributed by atoms with van der Waals surface area (Å²) in [4.78, 5) is 15.6. The van der Waals surface area contributed by atoms with Gasteiger partial charge >= 0.3 is 0 Å². The van der Waals surface area contributed by atoms with Crippen LogP contribution in [-0.4, -0.2) is 21.4 Å². The molecule has 0 N–H and O–H groups in total. The van der Waals surface area contributed by atoms with E-state index in [2.05, 4.69) is 62.7 Å². The first-order valence-corrected chi connectivity index (χ1v) is 12.5. The molecule has 4 heteroatoms. The smallest absolute Gasteiger partial charge is 0.254 e. The Morgan fingerprint density at radius 1 is 0.970 bits per heavy atom. The van der Waals surface area contributed by atoms with Crippen molar-refractivity contribution >= 4 is 17.5 Å². The summed E-state index contributed by atoms with van der Waals surface area (Å²) in [7, 11) is 0. The molecule has 0 spiro atoms. The van der Waals surface area contributed by atoms with E-state index >= 15 is 0 Å². The van der Waals surface area contributed by atoms with Gasteiger partial charge in [0, 0.05) is 35.1 Å². The third-order valence-electron chi connectivity index (χ3n) is 6.49. The summed E-state index contributed by atoms with van der Waals surface area (Å²) >= 11 is 6.18. The second kappa shape index (κ2) is 12.1. The Kier molecular flexibility index (Phi) is 9.20. The average molecular weight is 465 g/mol. The molecule has 0 aliphatic carbocycles. The number of rotatable bonds is 11. The highest BCUT2D eigenvalue weighted by Crippen LogP contribution is 2.21. The zero-order valence-corrected chi connectivity index (χ0v) is 21.2. The number of aryl methyl sites for hydroxylation is 1. The molecule has 0 aliphatic heterocycles. The van der Waals surface area contributed by atoms with Crippen LogP contribution in [0.15, 0.2) is 66.9 Å². The van der Waals surface area contributed by atoms with Gasteiger partial charge in [-0.3, -0.25) is 4.79 Å². The number of hydrogen-bond donors (Lipinski definition) is 0. The molecule has 0 saturated heterocycles. The van der Waals surface area contributed by atoms with Crippen LogP contribution in [0.4, 0.5) is 0 Å². The Bertz CT molecular complexity index is 1020. The normalized spacial score (nSPS) is 12.2. The first-order chi connectivity index (χ1) is 15.9. The molecule has 3 rings (SSSR count). The summed E-state index contributed by atoms with van der Waals surface area (Å²) in [5.41, 5.74) is 4.33. The number of halogens is 1. The SMILES string of the molecule is CCCCCc1ccc(C(=O)N(Cc2cccn2Cc2cccc(Cl)c2)C(C)C(C)C)cc1. The maximum atomic E-state index is 13.6.